The van der Waals surface area contributed by atoms with Crippen LogP contribution in [0.4, 0.5) is 0 Å². The fourth-order valence-electron chi connectivity index (χ4n) is 7.63. The highest BCUT2D eigenvalue weighted by Gasteiger charge is 2.31. The summed E-state index contributed by atoms with van der Waals surface area (Å²) in [6.45, 7) is 0. The molecule has 7 aromatic carbocycles. The van der Waals surface area contributed by atoms with Gasteiger partial charge in [0.25, 0.3) is 0 Å². The van der Waals surface area contributed by atoms with Crippen molar-refractivity contribution in [2.45, 2.75) is 5.92 Å². The van der Waals surface area contributed by atoms with Gasteiger partial charge in [-0.05, 0) is 87.1 Å². The standard InChI is InChI=1S/C41H25NO/c1-2-10-27(11-3-1)42-36-16-8-6-15-32(36)41-33-24-35-34(22-25(33)19-21-37(41)42)28-12-4-5-14-31(28)40(35)26-18-20-30-29-13-7-9-17-38(29)43-39(30)23-26/h1-24,40H. The second kappa shape index (κ2) is 8.47. The predicted molar refractivity (Wildman–Crippen MR) is 178 cm³/mol. The minimum absolute atomic E-state index is 0.131. The lowest BCUT2D eigenvalue weighted by atomic mass is 9.87. The van der Waals surface area contributed by atoms with Crippen LogP contribution in [-0.4, -0.2) is 4.57 Å². The van der Waals surface area contributed by atoms with Gasteiger partial charge in [0.05, 0.1) is 11.0 Å². The molecule has 0 spiro atoms. The molecule has 0 bridgehead atoms. The molecular formula is C41H25NO. The quantitative estimate of drug-likeness (QED) is 0.210. The van der Waals surface area contributed by atoms with Crippen molar-refractivity contribution in [3.8, 4) is 16.8 Å². The van der Waals surface area contributed by atoms with Gasteiger partial charge in [-0.3, -0.25) is 0 Å². The minimum atomic E-state index is 0.131. The molecule has 43 heavy (non-hydrogen) atoms. The van der Waals surface area contributed by atoms with E-state index in [1.807, 2.05) is 6.07 Å². The molecule has 2 nitrogen and oxygen atoms in total. The van der Waals surface area contributed by atoms with Crippen LogP contribution in [0.2, 0.25) is 0 Å². The van der Waals surface area contributed by atoms with E-state index in [-0.39, 0.29) is 5.92 Å². The van der Waals surface area contributed by atoms with Crippen LogP contribution in [0, 0.1) is 0 Å². The number of aromatic nitrogens is 1. The Morgan fingerprint density at radius 2 is 1.23 bits per heavy atom. The first-order valence-corrected chi connectivity index (χ1v) is 14.9. The van der Waals surface area contributed by atoms with Crippen molar-refractivity contribution in [1.29, 1.82) is 0 Å². The first-order valence-electron chi connectivity index (χ1n) is 14.9. The van der Waals surface area contributed by atoms with Gasteiger partial charge in [0.1, 0.15) is 11.2 Å². The van der Waals surface area contributed by atoms with Gasteiger partial charge in [-0.25, -0.2) is 0 Å². The van der Waals surface area contributed by atoms with Crippen LogP contribution in [0.15, 0.2) is 150 Å². The molecule has 1 aliphatic rings. The molecule has 0 saturated heterocycles. The van der Waals surface area contributed by atoms with E-state index < -0.39 is 0 Å². The Morgan fingerprint density at radius 1 is 0.465 bits per heavy atom. The summed E-state index contributed by atoms with van der Waals surface area (Å²) in [4.78, 5) is 0. The lowest BCUT2D eigenvalue weighted by Crippen LogP contribution is -1.99. The number of hydrogen-bond acceptors (Lipinski definition) is 1. The van der Waals surface area contributed by atoms with Crippen LogP contribution in [0.3, 0.4) is 0 Å². The average Bonchev–Trinajstić information content (AvgIpc) is 3.71. The van der Waals surface area contributed by atoms with Gasteiger partial charge in [-0.1, -0.05) is 97.1 Å². The first-order chi connectivity index (χ1) is 21.3. The zero-order chi connectivity index (χ0) is 28.1. The number of hydrogen-bond donors (Lipinski definition) is 0. The van der Waals surface area contributed by atoms with Crippen molar-refractivity contribution in [3.05, 3.63) is 162 Å². The number of para-hydroxylation sites is 3. The number of rotatable bonds is 2. The fraction of sp³-hybridized carbons (Fsp3) is 0.0244. The van der Waals surface area contributed by atoms with Crippen molar-refractivity contribution in [3.63, 3.8) is 0 Å². The number of fused-ring (bicyclic) bond motifs is 11. The summed E-state index contributed by atoms with van der Waals surface area (Å²) in [7, 11) is 0. The first kappa shape index (κ1) is 23.0. The maximum atomic E-state index is 6.35. The molecule has 1 aliphatic carbocycles. The van der Waals surface area contributed by atoms with Crippen LogP contribution in [0.5, 0.6) is 0 Å². The maximum absolute atomic E-state index is 6.35. The van der Waals surface area contributed by atoms with Crippen LogP contribution in [0.25, 0.3) is 71.3 Å². The van der Waals surface area contributed by atoms with E-state index in [0.717, 1.165) is 11.2 Å². The molecule has 2 heteroatoms. The molecule has 1 unspecified atom stereocenters. The Hall–Kier alpha value is -5.60. The summed E-state index contributed by atoms with van der Waals surface area (Å²) in [5.74, 6) is 0.131. The van der Waals surface area contributed by atoms with Crippen molar-refractivity contribution in [2.24, 2.45) is 0 Å². The molecule has 0 fully saturated rings. The highest BCUT2D eigenvalue weighted by molar-refractivity contribution is 6.22. The van der Waals surface area contributed by atoms with Crippen LogP contribution in [0.1, 0.15) is 22.6 Å². The molecule has 200 valence electrons. The summed E-state index contributed by atoms with van der Waals surface area (Å²) in [5, 5.41) is 7.49. The van der Waals surface area contributed by atoms with E-state index in [1.165, 1.54) is 76.9 Å². The minimum Gasteiger partial charge on any atom is -0.456 e. The molecule has 0 aliphatic heterocycles. The van der Waals surface area contributed by atoms with E-state index in [9.17, 15) is 0 Å². The summed E-state index contributed by atoms with van der Waals surface area (Å²) >= 11 is 0. The Labute approximate surface area is 248 Å². The number of nitrogens with zero attached hydrogens (tertiary/aromatic N) is 1. The summed E-state index contributed by atoms with van der Waals surface area (Å²) in [6, 6.07) is 53.0. The van der Waals surface area contributed by atoms with Crippen molar-refractivity contribution in [2.75, 3.05) is 0 Å². The van der Waals surface area contributed by atoms with Crippen LogP contribution in [-0.2, 0) is 0 Å². The zero-order valence-corrected chi connectivity index (χ0v) is 23.3. The van der Waals surface area contributed by atoms with Gasteiger partial charge in [0.15, 0.2) is 0 Å². The lowest BCUT2D eigenvalue weighted by molar-refractivity contribution is 0.668. The van der Waals surface area contributed by atoms with Gasteiger partial charge in [-0.2, -0.15) is 0 Å². The highest BCUT2D eigenvalue weighted by Crippen LogP contribution is 2.51. The van der Waals surface area contributed by atoms with Crippen LogP contribution >= 0.6 is 0 Å². The molecule has 0 saturated carbocycles. The molecule has 0 amide bonds. The smallest absolute Gasteiger partial charge is 0.135 e. The zero-order valence-electron chi connectivity index (χ0n) is 23.3. The monoisotopic (exact) mass is 547 g/mol. The van der Waals surface area contributed by atoms with Gasteiger partial charge in [0.2, 0.25) is 0 Å². The van der Waals surface area contributed by atoms with Gasteiger partial charge < -0.3 is 8.98 Å². The van der Waals surface area contributed by atoms with Crippen molar-refractivity contribution < 1.29 is 4.42 Å². The molecule has 2 aromatic heterocycles. The highest BCUT2D eigenvalue weighted by atomic mass is 16.3. The van der Waals surface area contributed by atoms with E-state index in [0.29, 0.717) is 0 Å². The van der Waals surface area contributed by atoms with E-state index in [1.54, 1.807) is 0 Å². The third-order valence-electron chi connectivity index (χ3n) is 9.45. The van der Waals surface area contributed by atoms with Gasteiger partial charge in [0, 0.05) is 33.2 Å². The Morgan fingerprint density at radius 3 is 2.16 bits per heavy atom. The SMILES string of the molecule is c1ccc(-n2c3ccccc3c3c4cc5c(cc4ccc32)-c2ccccc2C5c2ccc3c(c2)oc2ccccc23)cc1. The van der Waals surface area contributed by atoms with Crippen molar-refractivity contribution in [1.82, 2.24) is 4.57 Å². The third-order valence-corrected chi connectivity index (χ3v) is 9.45. The third kappa shape index (κ3) is 3.13. The van der Waals surface area contributed by atoms with E-state index in [4.69, 9.17) is 4.42 Å². The number of benzene rings is 7. The second-order valence-electron chi connectivity index (χ2n) is 11.7. The predicted octanol–water partition coefficient (Wildman–Crippen LogP) is 11.0. The molecule has 9 aromatic rings. The maximum Gasteiger partial charge on any atom is 0.135 e. The topological polar surface area (TPSA) is 18.1 Å². The summed E-state index contributed by atoms with van der Waals surface area (Å²) in [5.41, 5.74) is 12.1. The fourth-order valence-corrected chi connectivity index (χ4v) is 7.63. The molecule has 1 atom stereocenters. The van der Waals surface area contributed by atoms with E-state index >= 15 is 0 Å². The Bertz CT molecular complexity index is 2570. The molecule has 0 N–H and O–H groups in total. The second-order valence-corrected chi connectivity index (χ2v) is 11.7. The molecular weight excluding hydrogens is 522 g/mol. The molecule has 2 heterocycles. The molecule has 10 rings (SSSR count). The Kier molecular flexibility index (Phi) is 4.53. The summed E-state index contributed by atoms with van der Waals surface area (Å²) < 4.78 is 8.75. The van der Waals surface area contributed by atoms with Gasteiger partial charge >= 0.3 is 0 Å². The normalized spacial score (nSPS) is 14.3. The van der Waals surface area contributed by atoms with E-state index in [2.05, 4.69) is 144 Å². The summed E-state index contributed by atoms with van der Waals surface area (Å²) in [6.07, 6.45) is 0. The van der Waals surface area contributed by atoms with Crippen LogP contribution < -0.4 is 0 Å². The average molecular weight is 548 g/mol. The largest absolute Gasteiger partial charge is 0.456 e. The molecule has 0 radical (unpaired) electrons. The Balaban J connectivity index is 1.27. The number of furan rings is 1. The van der Waals surface area contributed by atoms with Gasteiger partial charge in [-0.15, -0.1) is 0 Å². The van der Waals surface area contributed by atoms with Crippen molar-refractivity contribution >= 4 is 54.5 Å². The lowest BCUT2D eigenvalue weighted by Gasteiger charge is -2.15.